The first-order valence-electron chi connectivity index (χ1n) is 4.11. The molecular weight excluding hydrogens is 173 g/mol. The molecule has 2 atom stereocenters. The minimum atomic E-state index is -0.501. The Bertz CT molecular complexity index is 270. The fourth-order valence-electron chi connectivity index (χ4n) is 1.42. The van der Waals surface area contributed by atoms with Gasteiger partial charge in [-0.15, -0.1) is 0 Å². The number of hydrogen-bond donors (Lipinski definition) is 1. The van der Waals surface area contributed by atoms with Crippen LogP contribution in [-0.4, -0.2) is 41.4 Å². The molecule has 0 aromatic carbocycles. The van der Waals surface area contributed by atoms with E-state index in [-0.39, 0.29) is 41.4 Å². The predicted octanol–water partition coefficient (Wildman–Crippen LogP) is 0.777. The fraction of sp³-hybridized carbons (Fsp3) is 0.500. The molecule has 13 heavy (non-hydrogen) atoms. The summed E-state index contributed by atoms with van der Waals surface area (Å²) in [6.45, 7) is 5.42. The van der Waals surface area contributed by atoms with E-state index in [4.69, 9.17) is 5.73 Å². The third kappa shape index (κ3) is 2.32. The molecule has 1 aliphatic rings. The summed E-state index contributed by atoms with van der Waals surface area (Å²) in [5, 5.41) is 0. The van der Waals surface area contributed by atoms with Crippen LogP contribution in [0.25, 0.3) is 0 Å². The van der Waals surface area contributed by atoms with Crippen molar-refractivity contribution >= 4 is 35.3 Å². The van der Waals surface area contributed by atoms with Gasteiger partial charge in [0.2, 0.25) is 0 Å². The van der Waals surface area contributed by atoms with Gasteiger partial charge in [0.15, 0.2) is 0 Å². The molecule has 0 saturated carbocycles. The monoisotopic (exact) mass is 189 g/mol. The summed E-state index contributed by atoms with van der Waals surface area (Å²) in [6.07, 6.45) is 5.74. The number of allylic oxidation sites excluding steroid dienone is 2. The Kier molecular flexibility index (Phi) is 4.60. The maximum atomic E-state index is 11.3. The van der Waals surface area contributed by atoms with E-state index in [1.807, 2.05) is 32.1 Å². The molecule has 2 unspecified atom stereocenters. The van der Waals surface area contributed by atoms with Crippen molar-refractivity contribution in [2.75, 3.05) is 0 Å². The molecule has 0 bridgehead atoms. The zero-order chi connectivity index (χ0) is 9.35. The van der Waals surface area contributed by atoms with Crippen LogP contribution >= 0.6 is 0 Å². The third-order valence-corrected chi connectivity index (χ3v) is 2.70. The Labute approximate surface area is 102 Å². The van der Waals surface area contributed by atoms with Crippen molar-refractivity contribution in [2.24, 2.45) is 11.1 Å². The molecule has 0 fully saturated rings. The fourth-order valence-corrected chi connectivity index (χ4v) is 1.42. The second kappa shape index (κ2) is 4.56. The van der Waals surface area contributed by atoms with E-state index < -0.39 is 5.41 Å². The van der Waals surface area contributed by atoms with Crippen molar-refractivity contribution in [1.82, 2.24) is 0 Å². The molecule has 0 aromatic rings. The number of hydrogen-bond acceptors (Lipinski definition) is 2. The van der Waals surface area contributed by atoms with Crippen LogP contribution in [0.15, 0.2) is 23.8 Å². The molecule has 0 radical (unpaired) electrons. The summed E-state index contributed by atoms with van der Waals surface area (Å²) in [7, 11) is 0. The van der Waals surface area contributed by atoms with E-state index in [9.17, 15) is 4.79 Å². The van der Waals surface area contributed by atoms with E-state index in [0.717, 1.165) is 5.57 Å². The predicted molar refractivity (Wildman–Crippen MR) is 56.8 cm³/mol. The van der Waals surface area contributed by atoms with Gasteiger partial charge in [-0.25, -0.2) is 0 Å². The number of carbonyl (C=O) groups is 1. The second-order valence-electron chi connectivity index (χ2n) is 3.59. The van der Waals surface area contributed by atoms with E-state index in [2.05, 4.69) is 0 Å². The van der Waals surface area contributed by atoms with Gasteiger partial charge in [-0.1, -0.05) is 23.8 Å². The average Bonchev–Trinajstić information content (AvgIpc) is 2.00. The van der Waals surface area contributed by atoms with Crippen molar-refractivity contribution in [3.05, 3.63) is 23.8 Å². The topological polar surface area (TPSA) is 43.1 Å². The molecule has 1 rings (SSSR count). The van der Waals surface area contributed by atoms with Crippen molar-refractivity contribution in [1.29, 1.82) is 0 Å². The van der Waals surface area contributed by atoms with Gasteiger partial charge in [0.25, 0.3) is 0 Å². The van der Waals surface area contributed by atoms with E-state index in [1.54, 1.807) is 6.92 Å². The Hall–Kier alpha value is 0.110. The summed E-state index contributed by atoms with van der Waals surface area (Å²) in [4.78, 5) is 11.3. The summed E-state index contributed by atoms with van der Waals surface area (Å²) in [5.41, 5.74) is 6.48. The van der Waals surface area contributed by atoms with Crippen LogP contribution in [-0.2, 0) is 4.79 Å². The average molecular weight is 189 g/mol. The SMILES string of the molecule is CC(=O)C1(C)C=CC=C(C)C1N.[NaH]. The first-order chi connectivity index (χ1) is 5.48. The Morgan fingerprint density at radius 3 is 2.54 bits per heavy atom. The summed E-state index contributed by atoms with van der Waals surface area (Å²) < 4.78 is 0. The molecule has 2 N–H and O–H groups in total. The van der Waals surface area contributed by atoms with Crippen molar-refractivity contribution in [3.8, 4) is 0 Å². The number of carbonyl (C=O) groups excluding carboxylic acids is 1. The molecule has 0 spiro atoms. The van der Waals surface area contributed by atoms with Crippen molar-refractivity contribution in [3.63, 3.8) is 0 Å². The molecule has 1 aliphatic carbocycles. The van der Waals surface area contributed by atoms with Crippen molar-refractivity contribution < 1.29 is 4.79 Å². The molecule has 3 heteroatoms. The Morgan fingerprint density at radius 2 is 2.15 bits per heavy atom. The number of ketones is 1. The second-order valence-corrected chi connectivity index (χ2v) is 3.59. The molecule has 2 nitrogen and oxygen atoms in total. The van der Waals surface area contributed by atoms with Crippen LogP contribution in [0.2, 0.25) is 0 Å². The van der Waals surface area contributed by atoms with E-state index in [0.29, 0.717) is 0 Å². The van der Waals surface area contributed by atoms with Gasteiger partial charge < -0.3 is 5.73 Å². The van der Waals surface area contributed by atoms with Gasteiger partial charge in [-0.2, -0.15) is 0 Å². The zero-order valence-electron chi connectivity index (χ0n) is 7.79. The molecule has 0 aliphatic heterocycles. The molecule has 0 saturated heterocycles. The zero-order valence-corrected chi connectivity index (χ0v) is 7.79. The quantitative estimate of drug-likeness (QED) is 0.619. The summed E-state index contributed by atoms with van der Waals surface area (Å²) in [6, 6.07) is -0.167. The van der Waals surface area contributed by atoms with Crippen molar-refractivity contribution in [2.45, 2.75) is 26.8 Å². The van der Waals surface area contributed by atoms with Gasteiger partial charge in [0.1, 0.15) is 5.78 Å². The molecular formula is C10H16NNaO. The van der Waals surface area contributed by atoms with Crippen LogP contribution in [0.1, 0.15) is 20.8 Å². The van der Waals surface area contributed by atoms with Gasteiger partial charge in [0.05, 0.1) is 5.41 Å². The van der Waals surface area contributed by atoms with Crippen LogP contribution in [0.4, 0.5) is 0 Å². The van der Waals surface area contributed by atoms with Gasteiger partial charge in [-0.05, 0) is 20.8 Å². The molecule has 0 amide bonds. The number of Topliss-reactive ketones (excluding diaryl/α,β-unsaturated/α-hetero) is 1. The van der Waals surface area contributed by atoms with Crippen LogP contribution < -0.4 is 5.73 Å². The molecule has 0 aromatic heterocycles. The first kappa shape index (κ1) is 13.1. The van der Waals surface area contributed by atoms with Gasteiger partial charge in [0, 0.05) is 6.04 Å². The van der Waals surface area contributed by atoms with E-state index in [1.165, 1.54) is 0 Å². The Balaban J connectivity index is 0.00000144. The Morgan fingerprint density at radius 1 is 1.62 bits per heavy atom. The summed E-state index contributed by atoms with van der Waals surface area (Å²) in [5.74, 6) is 0.124. The third-order valence-electron chi connectivity index (χ3n) is 2.70. The summed E-state index contributed by atoms with van der Waals surface area (Å²) >= 11 is 0. The molecule has 0 heterocycles. The van der Waals surface area contributed by atoms with Gasteiger partial charge in [-0.3, -0.25) is 4.79 Å². The van der Waals surface area contributed by atoms with E-state index >= 15 is 0 Å². The first-order valence-corrected chi connectivity index (χ1v) is 4.11. The van der Waals surface area contributed by atoms with Crippen LogP contribution in [0.3, 0.4) is 0 Å². The minimum absolute atomic E-state index is 0. The normalized spacial score (nSPS) is 32.0. The van der Waals surface area contributed by atoms with Gasteiger partial charge >= 0.3 is 29.6 Å². The van der Waals surface area contributed by atoms with Crippen LogP contribution in [0, 0.1) is 5.41 Å². The number of rotatable bonds is 1. The molecule has 68 valence electrons. The standard InChI is InChI=1S/C10H15NO.Na.H/c1-7-5-4-6-10(3,8(2)12)9(7)11;;/h4-6,9H,11H2,1-3H3;;. The van der Waals surface area contributed by atoms with Crippen LogP contribution in [0.5, 0.6) is 0 Å². The maximum absolute atomic E-state index is 11.3. The number of nitrogens with two attached hydrogens (primary N) is 1.